The third kappa shape index (κ3) is 4.02. The van der Waals surface area contributed by atoms with Gasteiger partial charge in [-0.3, -0.25) is 4.79 Å². The number of benzene rings is 1. The maximum absolute atomic E-state index is 14.4. The zero-order valence-corrected chi connectivity index (χ0v) is 14.3. The monoisotopic (exact) mass is 340 g/mol. The predicted octanol–water partition coefficient (Wildman–Crippen LogP) is 3.44. The topological polar surface area (TPSA) is 81.6 Å². The summed E-state index contributed by atoms with van der Waals surface area (Å²) >= 11 is 0. The van der Waals surface area contributed by atoms with Gasteiger partial charge in [0, 0.05) is 29.6 Å². The van der Waals surface area contributed by atoms with Gasteiger partial charge in [0.15, 0.2) is 0 Å². The average Bonchev–Trinajstić information content (AvgIpc) is 3.39. The number of H-pyrrole nitrogens is 1. The molecule has 25 heavy (non-hydrogen) atoms. The molecule has 1 heterocycles. The lowest BCUT2D eigenvalue weighted by atomic mass is 10.0. The van der Waals surface area contributed by atoms with Gasteiger partial charge in [0.25, 0.3) is 5.56 Å². The maximum Gasteiger partial charge on any atom is 0.251 e. The van der Waals surface area contributed by atoms with Crippen LogP contribution in [0, 0.1) is 18.2 Å². The number of rotatable bonds is 6. The second kappa shape index (κ2) is 7.01. The lowest BCUT2D eigenvalue weighted by Gasteiger charge is -2.15. The summed E-state index contributed by atoms with van der Waals surface area (Å²) in [4.78, 5) is 18.4. The van der Waals surface area contributed by atoms with Gasteiger partial charge in [0.1, 0.15) is 11.6 Å². The number of nitrogens with zero attached hydrogens (tertiary/aromatic N) is 1. The first-order valence-corrected chi connectivity index (χ1v) is 8.32. The molecule has 1 fully saturated rings. The molecule has 1 atom stereocenters. The van der Waals surface area contributed by atoms with Crippen molar-refractivity contribution in [2.45, 2.75) is 38.6 Å². The van der Waals surface area contributed by atoms with Crippen LogP contribution in [0.25, 0.3) is 5.57 Å². The van der Waals surface area contributed by atoms with Crippen LogP contribution in [0.4, 0.5) is 4.39 Å². The third-order valence-corrected chi connectivity index (χ3v) is 4.34. The lowest BCUT2D eigenvalue weighted by Crippen LogP contribution is -2.16. The molecule has 0 saturated heterocycles. The number of hydrogen-bond donors (Lipinski definition) is 3. The number of halogens is 1. The highest BCUT2D eigenvalue weighted by atomic mass is 19.1. The molecule has 0 aliphatic heterocycles. The predicted molar refractivity (Wildman–Crippen MR) is 96.3 cm³/mol. The Kier molecular flexibility index (Phi) is 4.79. The van der Waals surface area contributed by atoms with E-state index in [2.05, 4.69) is 15.3 Å². The molecular weight excluding hydrogens is 319 g/mol. The van der Waals surface area contributed by atoms with Crippen molar-refractivity contribution in [1.29, 1.82) is 5.41 Å². The molecule has 1 aliphatic carbocycles. The van der Waals surface area contributed by atoms with Crippen molar-refractivity contribution in [3.8, 4) is 0 Å². The smallest absolute Gasteiger partial charge is 0.251 e. The molecule has 3 N–H and O–H groups in total. The summed E-state index contributed by atoms with van der Waals surface area (Å²) in [7, 11) is 0. The van der Waals surface area contributed by atoms with Crippen molar-refractivity contribution in [3.05, 3.63) is 69.3 Å². The second-order valence-corrected chi connectivity index (χ2v) is 6.40. The molecule has 6 heteroatoms. The molecule has 1 aromatic heterocycles. The van der Waals surface area contributed by atoms with Crippen molar-refractivity contribution in [2.75, 3.05) is 0 Å². The lowest BCUT2D eigenvalue weighted by molar-refractivity contribution is 0.570. The number of aromatic amines is 1. The van der Waals surface area contributed by atoms with E-state index < -0.39 is 0 Å². The number of aryl methyl sites for hydroxylation is 1. The van der Waals surface area contributed by atoms with Crippen LogP contribution in [0.2, 0.25) is 0 Å². The molecule has 0 spiro atoms. The normalized spacial score (nSPS) is 15.7. The summed E-state index contributed by atoms with van der Waals surface area (Å²) in [5.41, 5.74) is 2.22. The second-order valence-electron chi connectivity index (χ2n) is 6.40. The first-order chi connectivity index (χ1) is 12.0. The highest BCUT2D eigenvalue weighted by Gasteiger charge is 2.24. The van der Waals surface area contributed by atoms with E-state index in [9.17, 15) is 9.18 Å². The van der Waals surface area contributed by atoms with Gasteiger partial charge < -0.3 is 15.7 Å². The van der Waals surface area contributed by atoms with Crippen LogP contribution in [-0.2, 0) is 0 Å². The Morgan fingerprint density at radius 3 is 2.80 bits per heavy atom. The largest absolute Gasteiger partial charge is 0.384 e. The van der Waals surface area contributed by atoms with E-state index in [1.165, 1.54) is 6.07 Å². The summed E-state index contributed by atoms with van der Waals surface area (Å²) in [6.07, 6.45) is 4.99. The SMILES string of the molecule is Cc1nc(/C(C=N)=C/NC(C)c2ccc(C3CC3)cc2F)cc(=O)[nH]1. The fourth-order valence-electron chi connectivity index (χ4n) is 2.79. The van der Waals surface area contributed by atoms with Gasteiger partial charge in [0.05, 0.1) is 11.7 Å². The fraction of sp³-hybridized carbons (Fsp3) is 0.316. The Morgan fingerprint density at radius 1 is 1.44 bits per heavy atom. The number of hydrogen-bond acceptors (Lipinski definition) is 4. The first kappa shape index (κ1) is 17.1. The molecule has 1 aliphatic rings. The van der Waals surface area contributed by atoms with Crippen LogP contribution in [-0.4, -0.2) is 16.2 Å². The van der Waals surface area contributed by atoms with E-state index in [0.29, 0.717) is 28.6 Å². The summed E-state index contributed by atoms with van der Waals surface area (Å²) in [5.74, 6) is 0.769. The quantitative estimate of drug-likeness (QED) is 0.705. The van der Waals surface area contributed by atoms with Gasteiger partial charge in [-0.05, 0) is 44.2 Å². The number of aromatic nitrogens is 2. The van der Waals surface area contributed by atoms with Crippen LogP contribution < -0.4 is 10.9 Å². The van der Waals surface area contributed by atoms with Gasteiger partial charge in [-0.25, -0.2) is 9.37 Å². The molecule has 0 amide bonds. The Hall–Kier alpha value is -2.76. The van der Waals surface area contributed by atoms with Crippen LogP contribution >= 0.6 is 0 Å². The summed E-state index contributed by atoms with van der Waals surface area (Å²) in [6, 6.07) is 6.48. The third-order valence-electron chi connectivity index (χ3n) is 4.34. The molecule has 1 unspecified atom stereocenters. The van der Waals surface area contributed by atoms with Gasteiger partial charge in [-0.1, -0.05) is 12.1 Å². The van der Waals surface area contributed by atoms with Crippen molar-refractivity contribution < 1.29 is 4.39 Å². The van der Waals surface area contributed by atoms with Crippen LogP contribution in [0.3, 0.4) is 0 Å². The molecule has 1 aromatic carbocycles. The van der Waals surface area contributed by atoms with Crippen molar-refractivity contribution in [1.82, 2.24) is 15.3 Å². The minimum atomic E-state index is -0.273. The van der Waals surface area contributed by atoms with Gasteiger partial charge in [-0.2, -0.15) is 0 Å². The van der Waals surface area contributed by atoms with E-state index in [1.54, 1.807) is 19.2 Å². The minimum absolute atomic E-state index is 0.223. The maximum atomic E-state index is 14.4. The fourth-order valence-corrected chi connectivity index (χ4v) is 2.79. The standard InChI is InChI=1S/C19H21FN4O/c1-11(16-6-5-14(7-17(16)20)13-3-4-13)22-10-15(9-21)18-8-19(25)24-12(2)23-18/h5-11,13,21-22H,3-4H2,1-2H3,(H,23,24,25)/b15-10+,21-9?. The highest BCUT2D eigenvalue weighted by Crippen LogP contribution is 2.40. The Balaban J connectivity index is 1.79. The summed E-state index contributed by atoms with van der Waals surface area (Å²) in [5, 5.41) is 10.6. The number of allylic oxidation sites excluding steroid dienone is 1. The van der Waals surface area contributed by atoms with Crippen LogP contribution in [0.1, 0.15) is 54.4 Å². The Bertz CT molecular complexity index is 883. The molecular formula is C19H21FN4O. The zero-order chi connectivity index (χ0) is 18.0. The van der Waals surface area contributed by atoms with Crippen molar-refractivity contribution in [2.24, 2.45) is 0 Å². The zero-order valence-electron chi connectivity index (χ0n) is 14.3. The molecule has 0 bridgehead atoms. The highest BCUT2D eigenvalue weighted by molar-refractivity contribution is 6.07. The van der Waals surface area contributed by atoms with E-state index in [-0.39, 0.29) is 17.4 Å². The van der Waals surface area contributed by atoms with Crippen LogP contribution in [0.5, 0.6) is 0 Å². The molecule has 3 rings (SSSR count). The van der Waals surface area contributed by atoms with E-state index >= 15 is 0 Å². The Labute approximate surface area is 145 Å². The summed E-state index contributed by atoms with van der Waals surface area (Å²) in [6.45, 7) is 3.53. The van der Waals surface area contributed by atoms with E-state index in [0.717, 1.165) is 24.6 Å². The van der Waals surface area contributed by atoms with E-state index in [4.69, 9.17) is 5.41 Å². The van der Waals surface area contributed by atoms with Gasteiger partial charge in [0.2, 0.25) is 0 Å². The summed E-state index contributed by atoms with van der Waals surface area (Å²) < 4.78 is 14.4. The molecule has 1 saturated carbocycles. The first-order valence-electron chi connectivity index (χ1n) is 8.32. The van der Waals surface area contributed by atoms with E-state index in [1.807, 2.05) is 19.1 Å². The minimum Gasteiger partial charge on any atom is -0.384 e. The van der Waals surface area contributed by atoms with Gasteiger partial charge >= 0.3 is 0 Å². The Morgan fingerprint density at radius 2 is 2.20 bits per heavy atom. The average molecular weight is 340 g/mol. The van der Waals surface area contributed by atoms with Gasteiger partial charge in [-0.15, -0.1) is 0 Å². The molecule has 5 nitrogen and oxygen atoms in total. The van der Waals surface area contributed by atoms with Crippen LogP contribution in [0.15, 0.2) is 35.3 Å². The van der Waals surface area contributed by atoms with Crippen molar-refractivity contribution in [3.63, 3.8) is 0 Å². The molecule has 2 aromatic rings. The molecule has 0 radical (unpaired) electrons. The molecule has 130 valence electrons. The number of nitrogens with one attached hydrogen (secondary N) is 3. The van der Waals surface area contributed by atoms with Crippen molar-refractivity contribution >= 4 is 11.8 Å².